The fourth-order valence-electron chi connectivity index (χ4n) is 5.45. The van der Waals surface area contributed by atoms with Crippen LogP contribution in [0.4, 0.5) is 0 Å². The van der Waals surface area contributed by atoms with Gasteiger partial charge in [-0.15, -0.1) is 0 Å². The highest BCUT2D eigenvalue weighted by molar-refractivity contribution is 5.69. The molecule has 1 N–H and O–H groups in total. The van der Waals surface area contributed by atoms with Gasteiger partial charge in [0.05, 0.1) is 0 Å². The molecule has 4 nitrogen and oxygen atoms in total. The number of carboxylic acids is 1. The Labute approximate surface area is 261 Å². The molecule has 0 saturated carbocycles. The van der Waals surface area contributed by atoms with Gasteiger partial charge in [0, 0.05) is 12.8 Å². The fourth-order valence-corrected chi connectivity index (χ4v) is 5.45. The van der Waals surface area contributed by atoms with Crippen LogP contribution in [0.25, 0.3) is 0 Å². The van der Waals surface area contributed by atoms with Crippen molar-refractivity contribution >= 4 is 11.9 Å². The highest BCUT2D eigenvalue weighted by atomic mass is 16.5. The molecule has 0 aromatic heterocycles. The number of ether oxygens (including phenoxy) is 1. The van der Waals surface area contributed by atoms with E-state index in [1.807, 2.05) is 0 Å². The van der Waals surface area contributed by atoms with Crippen LogP contribution in [-0.2, 0) is 14.3 Å². The summed E-state index contributed by atoms with van der Waals surface area (Å²) in [5.41, 5.74) is 0. The molecule has 0 saturated heterocycles. The number of carboxylic acid groups (broad SMARTS) is 1. The Kier molecular flexibility index (Phi) is 32.6. The van der Waals surface area contributed by atoms with Crippen molar-refractivity contribution in [2.75, 3.05) is 0 Å². The van der Waals surface area contributed by atoms with Crippen LogP contribution in [0.1, 0.15) is 200 Å². The standard InChI is InChI=1S/C38H70O4/c1-3-5-7-9-10-11-12-13-14-15-16-17-18-19-20-21-22-23-24-26-31-35-38(41)42-36(32-28-25-8-6-4-2)33-29-27-30-34-37(39)40/h10-11,13-14,36H,3-9,12,15-35H2,1-2H3,(H,39,40)/b11-10-,14-13-. The van der Waals surface area contributed by atoms with E-state index in [0.29, 0.717) is 12.8 Å². The van der Waals surface area contributed by atoms with Crippen molar-refractivity contribution in [2.24, 2.45) is 0 Å². The third kappa shape index (κ3) is 32.9. The Bertz CT molecular complexity index is 639. The number of carbonyl (C=O) groups excluding carboxylic acids is 1. The van der Waals surface area contributed by atoms with Crippen LogP contribution < -0.4 is 0 Å². The van der Waals surface area contributed by atoms with Gasteiger partial charge in [-0.2, -0.15) is 0 Å². The van der Waals surface area contributed by atoms with Crippen LogP contribution >= 0.6 is 0 Å². The molecule has 1 unspecified atom stereocenters. The SMILES string of the molecule is CCCCC/C=C\C/C=C\CCCCCCCCCCCCCC(=O)OC(CCCCCCC)CCCCCC(=O)O. The van der Waals surface area contributed by atoms with E-state index in [1.165, 1.54) is 116 Å². The lowest BCUT2D eigenvalue weighted by Gasteiger charge is -2.18. The molecule has 0 aliphatic carbocycles. The fraction of sp³-hybridized carbons (Fsp3) is 0.842. The quantitative estimate of drug-likeness (QED) is 0.0469. The maximum atomic E-state index is 12.5. The average Bonchev–Trinajstić information content (AvgIpc) is 2.97. The van der Waals surface area contributed by atoms with Crippen LogP contribution in [0.3, 0.4) is 0 Å². The van der Waals surface area contributed by atoms with E-state index in [1.54, 1.807) is 0 Å². The first-order valence-corrected chi connectivity index (χ1v) is 18.3. The maximum absolute atomic E-state index is 12.5. The lowest BCUT2D eigenvalue weighted by Crippen LogP contribution is -2.18. The summed E-state index contributed by atoms with van der Waals surface area (Å²) < 4.78 is 5.87. The molecule has 0 radical (unpaired) electrons. The molecule has 0 bridgehead atoms. The van der Waals surface area contributed by atoms with Crippen molar-refractivity contribution in [1.82, 2.24) is 0 Å². The predicted octanol–water partition coefficient (Wildman–Crippen LogP) is 12.4. The molecule has 0 aliphatic rings. The molecule has 0 rings (SSSR count). The molecule has 4 heteroatoms. The number of hydrogen-bond acceptors (Lipinski definition) is 3. The molecule has 0 aliphatic heterocycles. The second-order valence-electron chi connectivity index (χ2n) is 12.4. The van der Waals surface area contributed by atoms with Crippen molar-refractivity contribution in [2.45, 2.75) is 206 Å². The first-order valence-electron chi connectivity index (χ1n) is 18.3. The van der Waals surface area contributed by atoms with Gasteiger partial charge in [-0.25, -0.2) is 0 Å². The summed E-state index contributed by atoms with van der Waals surface area (Å²) in [7, 11) is 0. The third-order valence-corrected chi connectivity index (χ3v) is 8.18. The summed E-state index contributed by atoms with van der Waals surface area (Å²) in [6.07, 6.45) is 42.1. The van der Waals surface area contributed by atoms with E-state index in [9.17, 15) is 9.59 Å². The number of hydrogen-bond donors (Lipinski definition) is 1. The molecule has 246 valence electrons. The van der Waals surface area contributed by atoms with Gasteiger partial charge in [0.2, 0.25) is 0 Å². The van der Waals surface area contributed by atoms with Crippen LogP contribution in [0, 0.1) is 0 Å². The second kappa shape index (κ2) is 33.9. The molecule has 0 aromatic rings. The number of allylic oxidation sites excluding steroid dienone is 4. The van der Waals surface area contributed by atoms with Crippen molar-refractivity contribution in [3.63, 3.8) is 0 Å². The van der Waals surface area contributed by atoms with Crippen LogP contribution in [0.15, 0.2) is 24.3 Å². The molecule has 0 fully saturated rings. The Hall–Kier alpha value is -1.58. The van der Waals surface area contributed by atoms with Gasteiger partial charge < -0.3 is 9.84 Å². The van der Waals surface area contributed by atoms with Gasteiger partial charge in [-0.1, -0.05) is 141 Å². The van der Waals surface area contributed by atoms with E-state index >= 15 is 0 Å². The first kappa shape index (κ1) is 40.4. The molecule has 0 amide bonds. The highest BCUT2D eigenvalue weighted by Crippen LogP contribution is 2.18. The van der Waals surface area contributed by atoms with E-state index in [0.717, 1.165) is 51.4 Å². The first-order chi connectivity index (χ1) is 20.6. The molecular formula is C38H70O4. The topological polar surface area (TPSA) is 63.6 Å². The summed E-state index contributed by atoms with van der Waals surface area (Å²) in [5, 5.41) is 8.82. The number of aliphatic carboxylic acids is 1. The Morgan fingerprint density at radius 1 is 0.524 bits per heavy atom. The monoisotopic (exact) mass is 591 g/mol. The number of esters is 1. The third-order valence-electron chi connectivity index (χ3n) is 8.18. The minimum Gasteiger partial charge on any atom is -0.481 e. The van der Waals surface area contributed by atoms with Gasteiger partial charge in [-0.05, 0) is 70.6 Å². The zero-order chi connectivity index (χ0) is 30.8. The number of carbonyl (C=O) groups is 2. The Balaban J connectivity index is 3.68. The van der Waals surface area contributed by atoms with Crippen molar-refractivity contribution < 1.29 is 19.4 Å². The van der Waals surface area contributed by atoms with Crippen molar-refractivity contribution in [3.05, 3.63) is 24.3 Å². The van der Waals surface area contributed by atoms with Gasteiger partial charge in [-0.3, -0.25) is 9.59 Å². The van der Waals surface area contributed by atoms with Crippen molar-refractivity contribution in [3.8, 4) is 0 Å². The van der Waals surface area contributed by atoms with Gasteiger partial charge in [0.25, 0.3) is 0 Å². The minimum absolute atomic E-state index is 0.00718. The largest absolute Gasteiger partial charge is 0.481 e. The molecular weight excluding hydrogens is 520 g/mol. The van der Waals surface area contributed by atoms with Crippen molar-refractivity contribution in [1.29, 1.82) is 0 Å². The lowest BCUT2D eigenvalue weighted by atomic mass is 10.0. The van der Waals surface area contributed by atoms with Crippen LogP contribution in [0.2, 0.25) is 0 Å². The number of rotatable bonds is 33. The summed E-state index contributed by atoms with van der Waals surface area (Å²) >= 11 is 0. The summed E-state index contributed by atoms with van der Waals surface area (Å²) in [6.45, 7) is 4.48. The number of unbranched alkanes of at least 4 members (excludes halogenated alkanes) is 20. The Morgan fingerprint density at radius 3 is 1.48 bits per heavy atom. The Morgan fingerprint density at radius 2 is 0.929 bits per heavy atom. The molecule has 42 heavy (non-hydrogen) atoms. The van der Waals surface area contributed by atoms with Gasteiger partial charge in [0.15, 0.2) is 0 Å². The normalized spacial score (nSPS) is 12.4. The summed E-state index contributed by atoms with van der Waals surface area (Å²) in [4.78, 5) is 23.2. The summed E-state index contributed by atoms with van der Waals surface area (Å²) in [6, 6.07) is 0. The van der Waals surface area contributed by atoms with E-state index in [2.05, 4.69) is 38.2 Å². The van der Waals surface area contributed by atoms with Crippen LogP contribution in [0.5, 0.6) is 0 Å². The minimum atomic E-state index is -0.726. The van der Waals surface area contributed by atoms with E-state index < -0.39 is 5.97 Å². The average molecular weight is 591 g/mol. The molecule has 0 heterocycles. The highest BCUT2D eigenvalue weighted by Gasteiger charge is 2.14. The van der Waals surface area contributed by atoms with Gasteiger partial charge >= 0.3 is 11.9 Å². The molecule has 1 atom stereocenters. The zero-order valence-corrected chi connectivity index (χ0v) is 28.1. The van der Waals surface area contributed by atoms with Gasteiger partial charge in [0.1, 0.15) is 6.10 Å². The molecule has 0 aromatic carbocycles. The van der Waals surface area contributed by atoms with E-state index in [-0.39, 0.29) is 18.5 Å². The van der Waals surface area contributed by atoms with Crippen LogP contribution in [-0.4, -0.2) is 23.1 Å². The second-order valence-corrected chi connectivity index (χ2v) is 12.4. The van der Waals surface area contributed by atoms with E-state index in [4.69, 9.17) is 9.84 Å². The smallest absolute Gasteiger partial charge is 0.306 e. The maximum Gasteiger partial charge on any atom is 0.306 e. The lowest BCUT2D eigenvalue weighted by molar-refractivity contribution is -0.150. The zero-order valence-electron chi connectivity index (χ0n) is 28.1. The summed E-state index contributed by atoms with van der Waals surface area (Å²) in [5.74, 6) is -0.764. The molecule has 0 spiro atoms. The predicted molar refractivity (Wildman–Crippen MR) is 181 cm³/mol.